The lowest BCUT2D eigenvalue weighted by molar-refractivity contribution is 0.352. The third kappa shape index (κ3) is 5.55. The molecule has 0 heterocycles. The summed E-state index contributed by atoms with van der Waals surface area (Å²) >= 11 is 0. The maximum Gasteiger partial charge on any atom is 0.142 e. The number of ether oxygens (including phenoxy) is 1. The van der Waals surface area contributed by atoms with Crippen LogP contribution in [0.2, 0.25) is 0 Å². The fraction of sp³-hybridized carbons (Fsp3) is 0.133. The van der Waals surface area contributed by atoms with Crippen molar-refractivity contribution in [3.8, 4) is 17.6 Å². The van der Waals surface area contributed by atoms with Crippen molar-refractivity contribution in [1.82, 2.24) is 0 Å². The van der Waals surface area contributed by atoms with Crippen molar-refractivity contribution in [2.24, 2.45) is 0 Å². The minimum absolute atomic E-state index is 0.155. The van der Waals surface area contributed by atoms with E-state index in [1.165, 1.54) is 12.1 Å². The van der Waals surface area contributed by atoms with E-state index in [0.29, 0.717) is 28.9 Å². The van der Waals surface area contributed by atoms with Crippen LogP contribution in [0.1, 0.15) is 35.1 Å². The minimum Gasteiger partial charge on any atom is -0.489 e. The number of allylic oxidation sites excluding steroid dienone is 1. The second kappa shape index (κ2) is 10.9. The number of fused-ring (bicyclic) bond motifs is 1. The molecule has 5 heteroatoms. The van der Waals surface area contributed by atoms with Crippen LogP contribution in [-0.4, -0.2) is 13.3 Å². The van der Waals surface area contributed by atoms with E-state index in [9.17, 15) is 17.6 Å². The van der Waals surface area contributed by atoms with Gasteiger partial charge in [-0.25, -0.2) is 13.2 Å². The van der Waals surface area contributed by atoms with Crippen LogP contribution < -0.4 is 4.74 Å². The van der Waals surface area contributed by atoms with Crippen molar-refractivity contribution in [1.29, 1.82) is 0 Å². The first kappa shape index (κ1) is 24.1. The Morgan fingerprint density at radius 2 is 1.57 bits per heavy atom. The van der Waals surface area contributed by atoms with E-state index in [1.54, 1.807) is 48.5 Å². The molecule has 0 radical (unpaired) electrons. The molecule has 1 atom stereocenters. The zero-order chi connectivity index (χ0) is 24.8. The number of rotatable bonds is 6. The minimum atomic E-state index is -0.899. The number of benzene rings is 4. The molecule has 0 fully saturated rings. The third-order valence-electron chi connectivity index (χ3n) is 5.62. The Morgan fingerprint density at radius 3 is 2.31 bits per heavy atom. The normalized spacial score (nSPS) is 11.9. The van der Waals surface area contributed by atoms with Gasteiger partial charge in [0.25, 0.3) is 0 Å². The van der Waals surface area contributed by atoms with Crippen molar-refractivity contribution >= 4 is 10.8 Å². The molecule has 0 saturated carbocycles. The third-order valence-corrected chi connectivity index (χ3v) is 5.62. The summed E-state index contributed by atoms with van der Waals surface area (Å²) in [5.74, 6) is 2.76. The zero-order valence-corrected chi connectivity index (χ0v) is 19.0. The highest BCUT2D eigenvalue weighted by Crippen LogP contribution is 2.34. The Kier molecular flexibility index (Phi) is 7.52. The highest BCUT2D eigenvalue weighted by atomic mass is 19.1. The van der Waals surface area contributed by atoms with E-state index in [-0.39, 0.29) is 11.4 Å². The monoisotopic (exact) mass is 474 g/mol. The zero-order valence-electron chi connectivity index (χ0n) is 19.0. The van der Waals surface area contributed by atoms with Gasteiger partial charge in [0.2, 0.25) is 0 Å². The van der Waals surface area contributed by atoms with Crippen LogP contribution in [0, 0.1) is 29.3 Å². The number of para-hydroxylation sites is 1. The topological polar surface area (TPSA) is 9.23 Å². The Hall–Kier alpha value is -4.04. The summed E-state index contributed by atoms with van der Waals surface area (Å²) in [7, 11) is 0. The molecule has 4 rings (SSSR count). The van der Waals surface area contributed by atoms with Gasteiger partial charge < -0.3 is 4.74 Å². The van der Waals surface area contributed by atoms with Crippen molar-refractivity contribution in [2.75, 3.05) is 13.3 Å². The molecule has 0 saturated heterocycles. The lowest BCUT2D eigenvalue weighted by atomic mass is 9.90. The summed E-state index contributed by atoms with van der Waals surface area (Å²) in [6.07, 6.45) is 3.64. The molecule has 4 aromatic rings. The van der Waals surface area contributed by atoms with Gasteiger partial charge in [-0.2, -0.15) is 0 Å². The standard InChI is InChI=1S/C30H22F4O/c1-2-3-14-35-30-7-5-4-6-25(30)27(19-31)23-17-28(33)26(29(34)18-23)13-9-20-8-10-22-16-24(32)12-11-21(22)15-20/h2-8,10-12,15-18,27H,14,19H2,1H3/b3-2+. The van der Waals surface area contributed by atoms with E-state index < -0.39 is 29.8 Å². The van der Waals surface area contributed by atoms with Crippen molar-refractivity contribution in [3.63, 3.8) is 0 Å². The van der Waals surface area contributed by atoms with E-state index >= 15 is 0 Å². The molecule has 0 aliphatic carbocycles. The lowest BCUT2D eigenvalue weighted by Gasteiger charge is -2.19. The van der Waals surface area contributed by atoms with Crippen LogP contribution in [0.5, 0.6) is 5.75 Å². The lowest BCUT2D eigenvalue weighted by Crippen LogP contribution is -2.08. The quantitative estimate of drug-likeness (QED) is 0.158. The molecule has 0 bridgehead atoms. The molecule has 176 valence electrons. The van der Waals surface area contributed by atoms with Gasteiger partial charge >= 0.3 is 0 Å². The Morgan fingerprint density at radius 1 is 0.857 bits per heavy atom. The van der Waals surface area contributed by atoms with Crippen LogP contribution in [0.25, 0.3) is 10.8 Å². The molecular formula is C30H22F4O. The summed E-state index contributed by atoms with van der Waals surface area (Å²) in [4.78, 5) is 0. The van der Waals surface area contributed by atoms with E-state index in [1.807, 2.05) is 19.1 Å². The smallest absolute Gasteiger partial charge is 0.142 e. The second-order valence-corrected chi connectivity index (χ2v) is 7.94. The predicted octanol–water partition coefficient (Wildman–Crippen LogP) is 7.71. The fourth-order valence-corrected chi connectivity index (χ4v) is 3.83. The first-order valence-electron chi connectivity index (χ1n) is 11.1. The molecule has 1 unspecified atom stereocenters. The molecule has 0 spiro atoms. The Bertz CT molecular complexity index is 1420. The SMILES string of the molecule is C/C=C/COc1ccccc1C(CF)c1cc(F)c(C#Cc2ccc3cc(F)ccc3c2)c(F)c1. The molecule has 4 aromatic carbocycles. The van der Waals surface area contributed by atoms with Crippen molar-refractivity contribution < 1.29 is 22.3 Å². The van der Waals surface area contributed by atoms with Gasteiger partial charge in [-0.05, 0) is 65.7 Å². The first-order valence-corrected chi connectivity index (χ1v) is 11.1. The molecular weight excluding hydrogens is 452 g/mol. The van der Waals surface area contributed by atoms with Gasteiger partial charge in [0.1, 0.15) is 36.5 Å². The average Bonchev–Trinajstić information content (AvgIpc) is 2.85. The van der Waals surface area contributed by atoms with Gasteiger partial charge in [-0.15, -0.1) is 0 Å². The Balaban J connectivity index is 1.65. The molecule has 0 amide bonds. The fourth-order valence-electron chi connectivity index (χ4n) is 3.83. The predicted molar refractivity (Wildman–Crippen MR) is 131 cm³/mol. The van der Waals surface area contributed by atoms with E-state index in [2.05, 4.69) is 11.8 Å². The van der Waals surface area contributed by atoms with Gasteiger partial charge in [0.05, 0.1) is 5.56 Å². The van der Waals surface area contributed by atoms with Crippen LogP contribution in [-0.2, 0) is 0 Å². The molecule has 1 nitrogen and oxygen atoms in total. The molecule has 35 heavy (non-hydrogen) atoms. The maximum absolute atomic E-state index is 14.9. The van der Waals surface area contributed by atoms with Crippen LogP contribution >= 0.6 is 0 Å². The average molecular weight is 474 g/mol. The number of hydrogen-bond acceptors (Lipinski definition) is 1. The van der Waals surface area contributed by atoms with Gasteiger partial charge in [-0.3, -0.25) is 4.39 Å². The van der Waals surface area contributed by atoms with Crippen LogP contribution in [0.15, 0.2) is 84.9 Å². The summed E-state index contributed by atoms with van der Waals surface area (Å²) in [6, 6.07) is 18.5. The van der Waals surface area contributed by atoms with Crippen LogP contribution in [0.3, 0.4) is 0 Å². The molecule has 0 aliphatic rings. The van der Waals surface area contributed by atoms with Gasteiger partial charge in [-0.1, -0.05) is 54.3 Å². The number of hydrogen-bond donors (Lipinski definition) is 0. The molecule has 0 aliphatic heterocycles. The van der Waals surface area contributed by atoms with E-state index in [4.69, 9.17) is 4.74 Å². The second-order valence-electron chi connectivity index (χ2n) is 7.94. The highest BCUT2D eigenvalue weighted by Gasteiger charge is 2.21. The van der Waals surface area contributed by atoms with Crippen molar-refractivity contribution in [3.05, 3.63) is 125 Å². The number of halogens is 4. The van der Waals surface area contributed by atoms with Gasteiger partial charge in [0.15, 0.2) is 0 Å². The highest BCUT2D eigenvalue weighted by molar-refractivity contribution is 5.84. The maximum atomic E-state index is 14.9. The number of alkyl halides is 1. The van der Waals surface area contributed by atoms with Crippen LogP contribution in [0.4, 0.5) is 17.6 Å². The Labute approximate surface area is 201 Å². The summed E-state index contributed by atoms with van der Waals surface area (Å²) in [5, 5.41) is 1.46. The van der Waals surface area contributed by atoms with Crippen molar-refractivity contribution in [2.45, 2.75) is 12.8 Å². The summed E-state index contributed by atoms with van der Waals surface area (Å²) in [6.45, 7) is 1.30. The largest absolute Gasteiger partial charge is 0.489 e. The van der Waals surface area contributed by atoms with Gasteiger partial charge in [0, 0.05) is 17.0 Å². The molecule has 0 aromatic heterocycles. The summed E-state index contributed by atoms with van der Waals surface area (Å²) < 4.78 is 63.0. The summed E-state index contributed by atoms with van der Waals surface area (Å²) in [5.41, 5.74) is 0.789. The molecule has 0 N–H and O–H groups in total. The van der Waals surface area contributed by atoms with E-state index in [0.717, 1.165) is 17.5 Å². The first-order chi connectivity index (χ1) is 17.0.